The summed E-state index contributed by atoms with van der Waals surface area (Å²) in [7, 11) is 0. The lowest BCUT2D eigenvalue weighted by Gasteiger charge is -2.30. The van der Waals surface area contributed by atoms with E-state index < -0.39 is 0 Å². The summed E-state index contributed by atoms with van der Waals surface area (Å²) in [6.45, 7) is 6.28. The summed E-state index contributed by atoms with van der Waals surface area (Å²) in [6, 6.07) is 13.6. The van der Waals surface area contributed by atoms with Gasteiger partial charge in [-0.05, 0) is 67.3 Å². The number of hydrogen-bond donors (Lipinski definition) is 1. The molecule has 27 heavy (non-hydrogen) atoms. The molecule has 0 spiro atoms. The number of benzene rings is 2. The van der Waals surface area contributed by atoms with Crippen molar-refractivity contribution in [1.82, 2.24) is 10.2 Å². The van der Waals surface area contributed by atoms with Crippen molar-refractivity contribution in [2.75, 3.05) is 26.2 Å². The van der Waals surface area contributed by atoms with E-state index in [1.807, 2.05) is 24.3 Å². The van der Waals surface area contributed by atoms with Gasteiger partial charge in [-0.25, -0.2) is 4.39 Å². The van der Waals surface area contributed by atoms with Crippen LogP contribution in [0, 0.1) is 11.7 Å². The predicted octanol–water partition coefficient (Wildman–Crippen LogP) is 3.87. The van der Waals surface area contributed by atoms with E-state index in [1.54, 1.807) is 12.1 Å². The standard InChI is InChI=1S/C22H27FN2O2/c1-17-3-2-13-25(15-17)16-18-4-6-19(7-5-18)22(26)24-12-14-27-21-10-8-20(23)9-11-21/h4-11,17H,2-3,12-16H2,1H3,(H,24,26)/t17-/m0/s1. The smallest absolute Gasteiger partial charge is 0.251 e. The molecule has 0 aromatic heterocycles. The Morgan fingerprint density at radius 1 is 1.19 bits per heavy atom. The SMILES string of the molecule is C[C@H]1CCCN(Cc2ccc(C(=O)NCCOc3ccc(F)cc3)cc2)C1. The van der Waals surface area contributed by atoms with Crippen molar-refractivity contribution in [1.29, 1.82) is 0 Å². The van der Waals surface area contributed by atoms with E-state index in [4.69, 9.17) is 4.74 Å². The van der Waals surface area contributed by atoms with Gasteiger partial charge in [0.05, 0.1) is 6.54 Å². The molecule has 0 unspecified atom stereocenters. The van der Waals surface area contributed by atoms with Gasteiger partial charge in [-0.2, -0.15) is 0 Å². The Hall–Kier alpha value is -2.40. The number of halogens is 1. The molecule has 0 aliphatic carbocycles. The van der Waals surface area contributed by atoms with Gasteiger partial charge in [0, 0.05) is 18.7 Å². The maximum atomic E-state index is 12.8. The van der Waals surface area contributed by atoms with Crippen LogP contribution in [0.2, 0.25) is 0 Å². The number of likely N-dealkylation sites (tertiary alicyclic amines) is 1. The Balaban J connectivity index is 1.41. The summed E-state index contributed by atoms with van der Waals surface area (Å²) < 4.78 is 18.3. The average molecular weight is 370 g/mol. The first-order valence-electron chi connectivity index (χ1n) is 9.58. The van der Waals surface area contributed by atoms with Crippen LogP contribution in [-0.4, -0.2) is 37.0 Å². The maximum absolute atomic E-state index is 12.8. The summed E-state index contributed by atoms with van der Waals surface area (Å²) in [6.07, 6.45) is 2.59. The number of hydrogen-bond acceptors (Lipinski definition) is 3. The molecule has 5 heteroatoms. The molecule has 1 atom stereocenters. The Morgan fingerprint density at radius 3 is 2.63 bits per heavy atom. The third-order valence-electron chi connectivity index (χ3n) is 4.83. The molecule has 0 radical (unpaired) electrons. The van der Waals surface area contributed by atoms with Gasteiger partial charge in [0.2, 0.25) is 0 Å². The van der Waals surface area contributed by atoms with E-state index in [1.165, 1.54) is 30.5 Å². The number of nitrogens with one attached hydrogen (secondary N) is 1. The Morgan fingerprint density at radius 2 is 1.93 bits per heavy atom. The highest BCUT2D eigenvalue weighted by atomic mass is 19.1. The summed E-state index contributed by atoms with van der Waals surface area (Å²) in [5.41, 5.74) is 1.88. The van der Waals surface area contributed by atoms with Crippen molar-refractivity contribution in [3.8, 4) is 5.75 Å². The molecular weight excluding hydrogens is 343 g/mol. The molecule has 2 aromatic carbocycles. The van der Waals surface area contributed by atoms with Gasteiger partial charge < -0.3 is 10.1 Å². The molecule has 2 aromatic rings. The Kier molecular flexibility index (Phi) is 6.82. The molecular formula is C22H27FN2O2. The summed E-state index contributed by atoms with van der Waals surface area (Å²) >= 11 is 0. The Labute approximate surface area is 160 Å². The zero-order valence-electron chi connectivity index (χ0n) is 15.8. The molecule has 1 heterocycles. The van der Waals surface area contributed by atoms with E-state index in [0.717, 1.165) is 25.6 Å². The van der Waals surface area contributed by atoms with Gasteiger partial charge in [0.25, 0.3) is 5.91 Å². The minimum Gasteiger partial charge on any atom is -0.492 e. The number of rotatable bonds is 7. The van der Waals surface area contributed by atoms with Crippen LogP contribution in [0.1, 0.15) is 35.7 Å². The number of piperidine rings is 1. The zero-order chi connectivity index (χ0) is 19.1. The van der Waals surface area contributed by atoms with E-state index in [-0.39, 0.29) is 11.7 Å². The largest absolute Gasteiger partial charge is 0.492 e. The predicted molar refractivity (Wildman–Crippen MR) is 104 cm³/mol. The van der Waals surface area contributed by atoms with Gasteiger partial charge in [-0.3, -0.25) is 9.69 Å². The van der Waals surface area contributed by atoms with Crippen molar-refractivity contribution >= 4 is 5.91 Å². The van der Waals surface area contributed by atoms with Crippen LogP contribution in [0.5, 0.6) is 5.75 Å². The number of ether oxygens (including phenoxy) is 1. The first kappa shape index (κ1) is 19.4. The molecule has 1 saturated heterocycles. The fraction of sp³-hybridized carbons (Fsp3) is 0.409. The van der Waals surface area contributed by atoms with Crippen LogP contribution in [0.25, 0.3) is 0 Å². The molecule has 144 valence electrons. The monoisotopic (exact) mass is 370 g/mol. The molecule has 0 saturated carbocycles. The lowest BCUT2D eigenvalue weighted by Crippen LogP contribution is -2.33. The summed E-state index contributed by atoms with van der Waals surface area (Å²) in [5.74, 6) is 0.938. The first-order chi connectivity index (χ1) is 13.1. The van der Waals surface area contributed by atoms with Crippen molar-refractivity contribution in [3.05, 3.63) is 65.5 Å². The topological polar surface area (TPSA) is 41.6 Å². The van der Waals surface area contributed by atoms with Gasteiger partial charge in [-0.1, -0.05) is 19.1 Å². The minimum absolute atomic E-state index is 0.115. The highest BCUT2D eigenvalue weighted by Gasteiger charge is 2.16. The third kappa shape index (κ3) is 6.07. The highest BCUT2D eigenvalue weighted by molar-refractivity contribution is 5.94. The van der Waals surface area contributed by atoms with Crippen LogP contribution in [-0.2, 0) is 6.54 Å². The van der Waals surface area contributed by atoms with E-state index >= 15 is 0 Å². The van der Waals surface area contributed by atoms with Gasteiger partial charge in [0.1, 0.15) is 18.2 Å². The molecule has 4 nitrogen and oxygen atoms in total. The second-order valence-electron chi connectivity index (χ2n) is 7.24. The number of nitrogens with zero attached hydrogens (tertiary/aromatic N) is 1. The molecule has 1 aliphatic heterocycles. The van der Waals surface area contributed by atoms with Crippen LogP contribution in [0.4, 0.5) is 4.39 Å². The molecule has 0 bridgehead atoms. The summed E-state index contributed by atoms with van der Waals surface area (Å²) in [4.78, 5) is 14.7. The molecule has 3 rings (SSSR count). The van der Waals surface area contributed by atoms with Crippen LogP contribution >= 0.6 is 0 Å². The quantitative estimate of drug-likeness (QED) is 0.753. The van der Waals surface area contributed by atoms with Crippen molar-refractivity contribution < 1.29 is 13.9 Å². The molecule has 1 amide bonds. The van der Waals surface area contributed by atoms with Gasteiger partial charge in [0.15, 0.2) is 0 Å². The zero-order valence-corrected chi connectivity index (χ0v) is 15.8. The lowest BCUT2D eigenvalue weighted by atomic mass is 9.99. The van der Waals surface area contributed by atoms with E-state index in [0.29, 0.717) is 24.5 Å². The number of carbonyl (C=O) groups excluding carboxylic acids is 1. The number of amides is 1. The highest BCUT2D eigenvalue weighted by Crippen LogP contribution is 2.18. The molecule has 1 N–H and O–H groups in total. The average Bonchev–Trinajstić information content (AvgIpc) is 2.67. The van der Waals surface area contributed by atoms with Crippen molar-refractivity contribution in [2.45, 2.75) is 26.3 Å². The van der Waals surface area contributed by atoms with Crippen molar-refractivity contribution in [2.24, 2.45) is 5.92 Å². The fourth-order valence-electron chi connectivity index (χ4n) is 3.42. The summed E-state index contributed by atoms with van der Waals surface area (Å²) in [5, 5.41) is 2.84. The van der Waals surface area contributed by atoms with Crippen LogP contribution in [0.3, 0.4) is 0 Å². The van der Waals surface area contributed by atoms with Gasteiger partial charge >= 0.3 is 0 Å². The lowest BCUT2D eigenvalue weighted by molar-refractivity contribution is 0.0947. The fourth-order valence-corrected chi connectivity index (χ4v) is 3.42. The Bertz CT molecular complexity index is 731. The second-order valence-corrected chi connectivity index (χ2v) is 7.24. The van der Waals surface area contributed by atoms with Crippen LogP contribution in [0.15, 0.2) is 48.5 Å². The normalized spacial score (nSPS) is 17.5. The maximum Gasteiger partial charge on any atom is 0.251 e. The van der Waals surface area contributed by atoms with Crippen LogP contribution < -0.4 is 10.1 Å². The minimum atomic E-state index is -0.297. The van der Waals surface area contributed by atoms with Crippen molar-refractivity contribution in [3.63, 3.8) is 0 Å². The first-order valence-corrected chi connectivity index (χ1v) is 9.58. The van der Waals surface area contributed by atoms with Gasteiger partial charge in [-0.15, -0.1) is 0 Å². The number of carbonyl (C=O) groups is 1. The van der Waals surface area contributed by atoms with E-state index in [2.05, 4.69) is 17.1 Å². The second kappa shape index (κ2) is 9.51. The van der Waals surface area contributed by atoms with E-state index in [9.17, 15) is 9.18 Å². The molecule has 1 fully saturated rings. The third-order valence-corrected chi connectivity index (χ3v) is 4.83. The molecule has 1 aliphatic rings.